The van der Waals surface area contributed by atoms with E-state index in [1.54, 1.807) is 12.1 Å². The summed E-state index contributed by atoms with van der Waals surface area (Å²) in [5.41, 5.74) is 8.52. The van der Waals surface area contributed by atoms with Crippen molar-refractivity contribution in [1.82, 2.24) is 0 Å². The summed E-state index contributed by atoms with van der Waals surface area (Å²) in [6.45, 7) is 13.3. The van der Waals surface area contributed by atoms with Gasteiger partial charge in [0, 0.05) is 24.5 Å². The van der Waals surface area contributed by atoms with E-state index in [1.807, 2.05) is 13.8 Å². The molecule has 0 atom stereocenters. The molecule has 1 aliphatic heterocycles. The van der Waals surface area contributed by atoms with Crippen molar-refractivity contribution >= 4 is 11.4 Å². The first-order valence-corrected chi connectivity index (χ1v) is 8.21. The Kier molecular flexibility index (Phi) is 4.05. The molecule has 0 radical (unpaired) electrons. The molecule has 2 nitrogen and oxygen atoms in total. The highest BCUT2D eigenvalue weighted by Crippen LogP contribution is 2.32. The Hall–Kier alpha value is -2.03. The van der Waals surface area contributed by atoms with Gasteiger partial charge in [0.15, 0.2) is 0 Å². The van der Waals surface area contributed by atoms with Gasteiger partial charge in [0.25, 0.3) is 0 Å². The van der Waals surface area contributed by atoms with Crippen molar-refractivity contribution < 1.29 is 4.39 Å². The summed E-state index contributed by atoms with van der Waals surface area (Å²) in [4.78, 5) is 4.80. The normalized spacial score (nSPS) is 14.7. The van der Waals surface area contributed by atoms with Crippen molar-refractivity contribution in [1.29, 1.82) is 0 Å². The van der Waals surface area contributed by atoms with E-state index in [-0.39, 0.29) is 5.82 Å². The van der Waals surface area contributed by atoms with E-state index >= 15 is 0 Å². The number of benzene rings is 2. The molecule has 0 saturated carbocycles. The number of anilines is 2. The van der Waals surface area contributed by atoms with Crippen LogP contribution < -0.4 is 9.80 Å². The predicted octanol–water partition coefficient (Wildman–Crippen LogP) is 4.65. The van der Waals surface area contributed by atoms with Crippen LogP contribution in [0.25, 0.3) is 0 Å². The van der Waals surface area contributed by atoms with Crippen LogP contribution in [0.3, 0.4) is 0 Å². The lowest BCUT2D eigenvalue weighted by atomic mass is 10.0. The Morgan fingerprint density at radius 1 is 0.696 bits per heavy atom. The van der Waals surface area contributed by atoms with Crippen LogP contribution in [0.15, 0.2) is 24.3 Å². The molecule has 23 heavy (non-hydrogen) atoms. The Balaban J connectivity index is 1.91. The lowest BCUT2D eigenvalue weighted by Gasteiger charge is -2.26. The highest BCUT2D eigenvalue weighted by Gasteiger charge is 2.25. The quantitative estimate of drug-likeness (QED) is 0.796. The van der Waals surface area contributed by atoms with Gasteiger partial charge in [-0.1, -0.05) is 17.7 Å². The third-order valence-corrected chi connectivity index (χ3v) is 4.70. The second kappa shape index (κ2) is 5.88. The summed E-state index contributed by atoms with van der Waals surface area (Å²) in [6.07, 6.45) is 0. The number of rotatable bonds is 2. The van der Waals surface area contributed by atoms with Crippen LogP contribution in [0.5, 0.6) is 0 Å². The Labute approximate surface area is 138 Å². The molecular formula is C20H25FN2. The maximum absolute atomic E-state index is 13.6. The molecule has 1 aliphatic rings. The molecule has 0 aromatic heterocycles. The number of hydrogen-bond acceptors (Lipinski definition) is 2. The van der Waals surface area contributed by atoms with E-state index in [9.17, 15) is 4.39 Å². The second-order valence-corrected chi connectivity index (χ2v) is 6.80. The minimum absolute atomic E-state index is 0.148. The Morgan fingerprint density at radius 2 is 1.09 bits per heavy atom. The summed E-state index contributed by atoms with van der Waals surface area (Å²) in [5.74, 6) is -0.148. The van der Waals surface area contributed by atoms with E-state index in [2.05, 4.69) is 42.7 Å². The van der Waals surface area contributed by atoms with Crippen molar-refractivity contribution in [3.63, 3.8) is 0 Å². The lowest BCUT2D eigenvalue weighted by Crippen LogP contribution is -2.27. The molecule has 1 saturated heterocycles. The van der Waals surface area contributed by atoms with Gasteiger partial charge in [0.05, 0.1) is 6.67 Å². The maximum Gasteiger partial charge on any atom is 0.123 e. The SMILES string of the molecule is Cc1cc(C)c(N2CCN(c3c(C)cc(F)cc3C)C2)c(C)c1. The fourth-order valence-electron chi connectivity index (χ4n) is 4.03. The first-order valence-electron chi connectivity index (χ1n) is 8.21. The molecule has 0 bridgehead atoms. The summed E-state index contributed by atoms with van der Waals surface area (Å²) in [5, 5.41) is 0. The van der Waals surface area contributed by atoms with Crippen molar-refractivity contribution in [2.24, 2.45) is 0 Å². The van der Waals surface area contributed by atoms with Crippen LogP contribution in [0.4, 0.5) is 15.8 Å². The maximum atomic E-state index is 13.6. The summed E-state index contributed by atoms with van der Waals surface area (Å²) >= 11 is 0. The molecule has 0 amide bonds. The van der Waals surface area contributed by atoms with Crippen molar-refractivity contribution in [2.45, 2.75) is 34.6 Å². The van der Waals surface area contributed by atoms with Crippen LogP contribution in [0.2, 0.25) is 0 Å². The van der Waals surface area contributed by atoms with E-state index in [1.165, 1.54) is 28.1 Å². The minimum atomic E-state index is -0.148. The van der Waals surface area contributed by atoms with Crippen LogP contribution in [-0.4, -0.2) is 19.8 Å². The molecule has 1 fully saturated rings. The highest BCUT2D eigenvalue weighted by molar-refractivity contribution is 5.65. The molecule has 0 aliphatic carbocycles. The predicted molar refractivity (Wildman–Crippen MR) is 96.1 cm³/mol. The fourth-order valence-corrected chi connectivity index (χ4v) is 4.03. The number of aryl methyl sites for hydroxylation is 5. The average Bonchev–Trinajstić information content (AvgIpc) is 2.85. The van der Waals surface area contributed by atoms with Crippen molar-refractivity contribution in [3.8, 4) is 0 Å². The largest absolute Gasteiger partial charge is 0.352 e. The topological polar surface area (TPSA) is 6.48 Å². The van der Waals surface area contributed by atoms with E-state index in [4.69, 9.17) is 0 Å². The molecule has 2 aromatic rings. The zero-order valence-corrected chi connectivity index (χ0v) is 14.7. The van der Waals surface area contributed by atoms with Crippen molar-refractivity contribution in [2.75, 3.05) is 29.6 Å². The first-order chi connectivity index (χ1) is 10.9. The van der Waals surface area contributed by atoms with Gasteiger partial charge in [-0.2, -0.15) is 0 Å². The second-order valence-electron chi connectivity index (χ2n) is 6.80. The van der Waals surface area contributed by atoms with E-state index < -0.39 is 0 Å². The van der Waals surface area contributed by atoms with Gasteiger partial charge in [-0.05, 0) is 69.0 Å². The van der Waals surface area contributed by atoms with Crippen LogP contribution >= 0.6 is 0 Å². The fraction of sp³-hybridized carbons (Fsp3) is 0.400. The van der Waals surface area contributed by atoms with Gasteiger partial charge in [-0.3, -0.25) is 0 Å². The van der Waals surface area contributed by atoms with E-state index in [0.29, 0.717) is 0 Å². The molecule has 0 spiro atoms. The van der Waals surface area contributed by atoms with Crippen LogP contribution in [-0.2, 0) is 0 Å². The molecule has 1 heterocycles. The van der Waals surface area contributed by atoms with Gasteiger partial charge in [-0.25, -0.2) is 4.39 Å². The van der Waals surface area contributed by atoms with Crippen LogP contribution in [0, 0.1) is 40.4 Å². The lowest BCUT2D eigenvalue weighted by molar-refractivity contribution is 0.625. The first kappa shape index (κ1) is 15.9. The van der Waals surface area contributed by atoms with Gasteiger partial charge < -0.3 is 9.80 Å². The molecule has 3 heteroatoms. The summed E-state index contributed by atoms with van der Waals surface area (Å²) < 4.78 is 13.6. The Morgan fingerprint density at radius 3 is 1.52 bits per heavy atom. The molecule has 0 unspecified atom stereocenters. The van der Waals surface area contributed by atoms with Gasteiger partial charge in [-0.15, -0.1) is 0 Å². The van der Waals surface area contributed by atoms with Gasteiger partial charge >= 0.3 is 0 Å². The monoisotopic (exact) mass is 312 g/mol. The number of hydrogen-bond donors (Lipinski definition) is 0. The molecule has 122 valence electrons. The van der Waals surface area contributed by atoms with Crippen molar-refractivity contribution in [3.05, 3.63) is 57.9 Å². The standard InChI is InChI=1S/C20H25FN2/c1-13-8-14(2)19(15(3)9-13)22-6-7-23(12-22)20-16(4)10-18(21)11-17(20)5/h8-11H,6-7,12H2,1-5H3. The zero-order chi connectivity index (χ0) is 16.7. The molecular weight excluding hydrogens is 287 g/mol. The zero-order valence-electron chi connectivity index (χ0n) is 14.7. The Bertz CT molecular complexity index is 642. The van der Waals surface area contributed by atoms with E-state index in [0.717, 1.165) is 30.9 Å². The molecule has 0 N–H and O–H groups in total. The minimum Gasteiger partial charge on any atom is -0.352 e. The summed E-state index contributed by atoms with van der Waals surface area (Å²) in [6, 6.07) is 7.76. The number of halogens is 1. The smallest absolute Gasteiger partial charge is 0.123 e. The average molecular weight is 312 g/mol. The van der Waals surface area contributed by atoms with Gasteiger partial charge in [0.1, 0.15) is 5.82 Å². The third-order valence-electron chi connectivity index (χ3n) is 4.70. The number of nitrogens with zero attached hydrogens (tertiary/aromatic N) is 2. The summed E-state index contributed by atoms with van der Waals surface area (Å²) in [7, 11) is 0. The molecule has 2 aromatic carbocycles. The van der Waals surface area contributed by atoms with Crippen LogP contribution in [0.1, 0.15) is 27.8 Å². The van der Waals surface area contributed by atoms with Gasteiger partial charge in [0.2, 0.25) is 0 Å². The highest BCUT2D eigenvalue weighted by atomic mass is 19.1. The third kappa shape index (κ3) is 2.92. The molecule has 3 rings (SSSR count).